The summed E-state index contributed by atoms with van der Waals surface area (Å²) in [6.07, 6.45) is 3.18. The summed E-state index contributed by atoms with van der Waals surface area (Å²) in [5.41, 5.74) is 0.523. The van der Waals surface area contributed by atoms with E-state index in [0.717, 1.165) is 19.3 Å². The van der Waals surface area contributed by atoms with Crippen molar-refractivity contribution in [1.29, 1.82) is 0 Å². The number of fused-ring (bicyclic) bond motifs is 2. The third-order valence-corrected chi connectivity index (χ3v) is 15.0. The van der Waals surface area contributed by atoms with E-state index in [0.29, 0.717) is 30.6 Å². The van der Waals surface area contributed by atoms with Crippen LogP contribution in [-0.4, -0.2) is 36.1 Å². The molecule has 0 aromatic heterocycles. The Morgan fingerprint density at radius 1 is 0.960 bits per heavy atom. The van der Waals surface area contributed by atoms with Crippen LogP contribution in [0.5, 0.6) is 0 Å². The van der Waals surface area contributed by atoms with Gasteiger partial charge in [-0.15, -0.1) is 0 Å². The minimum absolute atomic E-state index is 0.0636. The van der Waals surface area contributed by atoms with Gasteiger partial charge in [-0.3, -0.25) is 4.79 Å². The molecule has 0 saturated heterocycles. The maximum atomic E-state index is 12.9. The van der Waals surface area contributed by atoms with E-state index in [-0.39, 0.29) is 16.9 Å². The van der Waals surface area contributed by atoms with Crippen LogP contribution in [0, 0.1) is 17.8 Å². The van der Waals surface area contributed by atoms with Crippen LogP contribution in [-0.2, 0) is 18.1 Å². The van der Waals surface area contributed by atoms with Crippen LogP contribution in [0.4, 0.5) is 0 Å². The maximum Gasteiger partial charge on any atom is 0.338 e. The third kappa shape index (κ3) is 4.22. The largest absolute Gasteiger partial charge is 0.519 e. The van der Waals surface area contributed by atoms with Gasteiger partial charge in [0.15, 0.2) is 0 Å². The molecule has 0 radical (unpaired) electrons. The van der Waals surface area contributed by atoms with E-state index < -0.39 is 16.9 Å². The number of carbonyl (C=O) groups is 1. The predicted octanol–water partition coefficient (Wildman–Crippen LogP) is 5.10. The SMILES string of the molecule is CCO[Si](C)(OCC)C1CC2CC1CC2C(=O)O[Si](C)(C)C(C)(C)C. The Kier molecular flexibility index (Phi) is 6.29. The van der Waals surface area contributed by atoms with Gasteiger partial charge in [0.25, 0.3) is 14.3 Å². The normalized spacial score (nSPS) is 29.9. The molecule has 0 aromatic carbocycles. The lowest BCUT2D eigenvalue weighted by Crippen LogP contribution is -2.48. The molecule has 2 aliphatic carbocycles. The van der Waals surface area contributed by atoms with Crippen molar-refractivity contribution in [3.63, 3.8) is 0 Å². The Labute approximate surface area is 156 Å². The zero-order valence-corrected chi connectivity index (χ0v) is 19.5. The first-order chi connectivity index (χ1) is 11.4. The Balaban J connectivity index is 2.02. The van der Waals surface area contributed by atoms with Gasteiger partial charge < -0.3 is 13.3 Å². The molecule has 0 spiro atoms. The van der Waals surface area contributed by atoms with Crippen molar-refractivity contribution < 1.29 is 18.1 Å². The van der Waals surface area contributed by atoms with Crippen molar-refractivity contribution >= 4 is 22.8 Å². The monoisotopic (exact) mass is 386 g/mol. The first kappa shape index (κ1) is 21.1. The van der Waals surface area contributed by atoms with Crippen LogP contribution >= 0.6 is 0 Å². The molecular formula is C19H38O4Si2. The van der Waals surface area contributed by atoms with Gasteiger partial charge in [0.05, 0.1) is 5.92 Å². The van der Waals surface area contributed by atoms with E-state index in [2.05, 4.69) is 54.3 Å². The Bertz CT molecular complexity index is 480. The first-order valence-corrected chi connectivity index (χ1v) is 15.3. The van der Waals surface area contributed by atoms with Crippen molar-refractivity contribution in [3.05, 3.63) is 0 Å². The van der Waals surface area contributed by atoms with Gasteiger partial charge in [-0.25, -0.2) is 0 Å². The van der Waals surface area contributed by atoms with Crippen LogP contribution in [0.3, 0.4) is 0 Å². The van der Waals surface area contributed by atoms with Gasteiger partial charge in [-0.05, 0) is 69.6 Å². The average Bonchev–Trinajstić information content (AvgIpc) is 3.06. The maximum absolute atomic E-state index is 12.9. The molecule has 25 heavy (non-hydrogen) atoms. The molecule has 0 aromatic rings. The van der Waals surface area contributed by atoms with Crippen LogP contribution in [0.25, 0.3) is 0 Å². The molecule has 2 saturated carbocycles. The fourth-order valence-electron chi connectivity index (χ4n) is 4.52. The highest BCUT2D eigenvalue weighted by Crippen LogP contribution is 2.58. The van der Waals surface area contributed by atoms with Crippen molar-refractivity contribution in [1.82, 2.24) is 0 Å². The molecule has 2 fully saturated rings. The van der Waals surface area contributed by atoms with Gasteiger partial charge >= 0.3 is 8.56 Å². The van der Waals surface area contributed by atoms with E-state index in [1.54, 1.807) is 0 Å². The second kappa shape index (κ2) is 7.45. The van der Waals surface area contributed by atoms with Gasteiger partial charge in [0, 0.05) is 18.8 Å². The number of hydrogen-bond donors (Lipinski definition) is 0. The predicted molar refractivity (Wildman–Crippen MR) is 106 cm³/mol. The third-order valence-electron chi connectivity index (χ3n) is 6.86. The Morgan fingerprint density at radius 2 is 1.52 bits per heavy atom. The molecule has 0 aliphatic heterocycles. The molecule has 4 nitrogen and oxygen atoms in total. The highest BCUT2D eigenvalue weighted by atomic mass is 28.4. The summed E-state index contributed by atoms with van der Waals surface area (Å²) < 4.78 is 18.4. The minimum atomic E-state index is -2.15. The number of rotatable bonds is 7. The molecule has 6 heteroatoms. The van der Waals surface area contributed by atoms with Crippen molar-refractivity contribution in [2.24, 2.45) is 17.8 Å². The lowest BCUT2D eigenvalue weighted by Gasteiger charge is -2.39. The van der Waals surface area contributed by atoms with E-state index in [1.807, 2.05) is 0 Å². The molecule has 0 N–H and O–H groups in total. The topological polar surface area (TPSA) is 44.8 Å². The van der Waals surface area contributed by atoms with Crippen LogP contribution < -0.4 is 0 Å². The van der Waals surface area contributed by atoms with Crippen molar-refractivity contribution in [2.75, 3.05) is 13.2 Å². The fraction of sp³-hybridized carbons (Fsp3) is 0.947. The standard InChI is InChI=1S/C19H38O4Si2/c1-9-21-25(8,22-10-2)17-13-14-11-15(17)12-16(14)18(20)23-24(6,7)19(3,4)5/h14-17H,9-13H2,1-8H3. The van der Waals surface area contributed by atoms with Crippen LogP contribution in [0.15, 0.2) is 0 Å². The summed E-state index contributed by atoms with van der Waals surface area (Å²) in [4.78, 5) is 12.9. The Hall–Kier alpha value is -0.176. The molecule has 146 valence electrons. The smallest absolute Gasteiger partial charge is 0.338 e. The summed E-state index contributed by atoms with van der Waals surface area (Å²) in [5.74, 6) is 1.18. The van der Waals surface area contributed by atoms with E-state index in [4.69, 9.17) is 13.3 Å². The van der Waals surface area contributed by atoms with Gasteiger partial charge in [-0.2, -0.15) is 0 Å². The minimum Gasteiger partial charge on any atom is -0.519 e. The van der Waals surface area contributed by atoms with E-state index >= 15 is 0 Å². The van der Waals surface area contributed by atoms with E-state index in [1.165, 1.54) is 0 Å². The zero-order chi connectivity index (χ0) is 19.0. The van der Waals surface area contributed by atoms with Crippen molar-refractivity contribution in [2.45, 2.75) is 84.1 Å². The summed E-state index contributed by atoms with van der Waals surface area (Å²) in [5, 5.41) is 0.0677. The molecule has 2 rings (SSSR count). The summed E-state index contributed by atoms with van der Waals surface area (Å²) in [7, 11) is -4.19. The molecule has 4 unspecified atom stereocenters. The van der Waals surface area contributed by atoms with Crippen molar-refractivity contribution in [3.8, 4) is 0 Å². The van der Waals surface area contributed by atoms with Gasteiger partial charge in [0.2, 0.25) is 0 Å². The Morgan fingerprint density at radius 3 is 1.92 bits per heavy atom. The average molecular weight is 387 g/mol. The molecule has 2 bridgehead atoms. The highest BCUT2D eigenvalue weighted by molar-refractivity contribution is 6.75. The fourth-order valence-corrected chi connectivity index (χ4v) is 8.99. The summed E-state index contributed by atoms with van der Waals surface area (Å²) in [6.45, 7) is 18.6. The van der Waals surface area contributed by atoms with Crippen LogP contribution in [0.1, 0.15) is 53.9 Å². The molecular weight excluding hydrogens is 348 g/mol. The second-order valence-electron chi connectivity index (χ2n) is 9.50. The zero-order valence-electron chi connectivity index (χ0n) is 17.5. The summed E-state index contributed by atoms with van der Waals surface area (Å²) >= 11 is 0. The summed E-state index contributed by atoms with van der Waals surface area (Å²) in [6, 6.07) is 0. The molecule has 2 aliphatic rings. The quantitative estimate of drug-likeness (QED) is 0.571. The van der Waals surface area contributed by atoms with Gasteiger partial charge in [-0.1, -0.05) is 20.8 Å². The second-order valence-corrected chi connectivity index (χ2v) is 17.6. The lowest BCUT2D eigenvalue weighted by atomic mass is 9.89. The first-order valence-electron chi connectivity index (χ1n) is 9.96. The van der Waals surface area contributed by atoms with Gasteiger partial charge in [0.1, 0.15) is 0 Å². The molecule has 4 atom stereocenters. The molecule has 0 heterocycles. The lowest BCUT2D eigenvalue weighted by molar-refractivity contribution is -0.141. The molecule has 0 amide bonds. The number of carbonyl (C=O) groups excluding carboxylic acids is 1. The van der Waals surface area contributed by atoms with Crippen LogP contribution in [0.2, 0.25) is 30.2 Å². The highest BCUT2D eigenvalue weighted by Gasteiger charge is 2.58. The van der Waals surface area contributed by atoms with E-state index in [9.17, 15) is 4.79 Å². The number of hydrogen-bond acceptors (Lipinski definition) is 4.